The highest BCUT2D eigenvalue weighted by atomic mass is 79.9. The second-order valence-electron chi connectivity index (χ2n) is 4.36. The Morgan fingerprint density at radius 1 is 1.24 bits per heavy atom. The number of thiocarbonyl (C=S) groups is 1. The molecule has 0 aromatic heterocycles. The van der Waals surface area contributed by atoms with Crippen molar-refractivity contribution in [2.45, 2.75) is 5.92 Å². The summed E-state index contributed by atoms with van der Waals surface area (Å²) in [5.74, 6) is -0.983. The zero-order valence-electron chi connectivity index (χ0n) is 10.8. The minimum atomic E-state index is -0.688. The molecule has 0 aliphatic carbocycles. The normalized spacial score (nSPS) is 11.7. The largest absolute Gasteiger partial charge is 0.392 e. The molecular weight excluding hydrogens is 372 g/mol. The highest BCUT2D eigenvalue weighted by Gasteiger charge is 2.24. The minimum absolute atomic E-state index is 0.122. The molecule has 0 spiro atoms. The Morgan fingerprint density at radius 3 is 2.52 bits per heavy atom. The van der Waals surface area contributed by atoms with E-state index in [4.69, 9.17) is 29.6 Å². The fourth-order valence-electron chi connectivity index (χ4n) is 1.89. The first-order chi connectivity index (χ1) is 9.99. The minimum Gasteiger partial charge on any atom is -0.392 e. The van der Waals surface area contributed by atoms with Crippen LogP contribution in [0.15, 0.2) is 53.0 Å². The van der Waals surface area contributed by atoms with Gasteiger partial charge in [-0.05, 0) is 39.7 Å². The summed E-state index contributed by atoms with van der Waals surface area (Å²) in [6, 6.07) is 14.3. The van der Waals surface area contributed by atoms with Crippen LogP contribution in [0.4, 0.5) is 5.69 Å². The molecule has 0 radical (unpaired) electrons. The van der Waals surface area contributed by atoms with E-state index < -0.39 is 5.92 Å². The molecule has 108 valence electrons. The molecule has 0 heterocycles. The highest BCUT2D eigenvalue weighted by Crippen LogP contribution is 2.27. The third-order valence-electron chi connectivity index (χ3n) is 2.87. The van der Waals surface area contributed by atoms with Crippen molar-refractivity contribution in [2.24, 2.45) is 5.73 Å². The molecule has 2 rings (SSSR count). The number of hydrogen-bond acceptors (Lipinski definition) is 2. The molecule has 1 amide bonds. The zero-order chi connectivity index (χ0) is 15.4. The number of nitrogens with one attached hydrogen (secondary N) is 1. The summed E-state index contributed by atoms with van der Waals surface area (Å²) in [5, 5.41) is 3.32. The monoisotopic (exact) mass is 382 g/mol. The summed E-state index contributed by atoms with van der Waals surface area (Å²) in [5.41, 5.74) is 7.05. The molecule has 0 saturated heterocycles. The van der Waals surface area contributed by atoms with Gasteiger partial charge in [-0.2, -0.15) is 0 Å². The predicted octanol–water partition coefficient (Wildman–Crippen LogP) is 4.11. The van der Waals surface area contributed by atoms with E-state index in [0.29, 0.717) is 10.7 Å². The first-order valence-electron chi connectivity index (χ1n) is 6.09. The van der Waals surface area contributed by atoms with Gasteiger partial charge in [-0.25, -0.2) is 0 Å². The lowest BCUT2D eigenvalue weighted by atomic mass is 9.98. The van der Waals surface area contributed by atoms with E-state index in [1.165, 1.54) is 0 Å². The first-order valence-corrected chi connectivity index (χ1v) is 7.67. The van der Waals surface area contributed by atoms with Gasteiger partial charge < -0.3 is 11.1 Å². The standard InChI is InChI=1S/C15H12BrClN2OS/c16-11-7-6-10(17)8-12(11)19-15(20)13(14(18)21)9-4-2-1-3-5-9/h1-8,13H,(H2,18,21)(H,19,20). The third-order valence-corrected chi connectivity index (χ3v) is 4.03. The maximum atomic E-state index is 12.5. The summed E-state index contributed by atoms with van der Waals surface area (Å²) in [6.45, 7) is 0. The highest BCUT2D eigenvalue weighted by molar-refractivity contribution is 9.10. The molecule has 0 fully saturated rings. The molecule has 0 aliphatic rings. The lowest BCUT2D eigenvalue weighted by Gasteiger charge is -2.16. The Balaban J connectivity index is 2.28. The number of benzene rings is 2. The molecular formula is C15H12BrClN2OS. The molecule has 6 heteroatoms. The maximum Gasteiger partial charge on any atom is 0.238 e. The molecule has 0 aliphatic heterocycles. The van der Waals surface area contributed by atoms with E-state index in [-0.39, 0.29) is 10.9 Å². The molecule has 3 nitrogen and oxygen atoms in total. The Labute approximate surface area is 141 Å². The summed E-state index contributed by atoms with van der Waals surface area (Å²) in [7, 11) is 0. The van der Waals surface area contributed by atoms with Gasteiger partial charge in [-0.1, -0.05) is 54.2 Å². The second kappa shape index (κ2) is 7.02. The van der Waals surface area contributed by atoms with E-state index in [9.17, 15) is 4.79 Å². The predicted molar refractivity (Wildman–Crippen MR) is 93.8 cm³/mol. The summed E-state index contributed by atoms with van der Waals surface area (Å²) in [4.78, 5) is 12.6. The van der Waals surface area contributed by atoms with E-state index in [1.54, 1.807) is 18.2 Å². The van der Waals surface area contributed by atoms with Crippen molar-refractivity contribution in [3.05, 3.63) is 63.6 Å². The number of nitrogens with two attached hydrogens (primary N) is 1. The summed E-state index contributed by atoms with van der Waals surface area (Å²) in [6.07, 6.45) is 0. The zero-order valence-corrected chi connectivity index (χ0v) is 14.0. The number of carbonyl (C=O) groups is 1. The van der Waals surface area contributed by atoms with Crippen molar-refractivity contribution in [3.63, 3.8) is 0 Å². The third kappa shape index (κ3) is 4.03. The van der Waals surface area contributed by atoms with Crippen molar-refractivity contribution in [3.8, 4) is 0 Å². The lowest BCUT2D eigenvalue weighted by molar-refractivity contribution is -0.116. The van der Waals surface area contributed by atoms with Gasteiger partial charge in [0.15, 0.2) is 0 Å². The average molecular weight is 384 g/mol. The van der Waals surface area contributed by atoms with Crippen LogP contribution >= 0.6 is 39.7 Å². The van der Waals surface area contributed by atoms with Crippen molar-refractivity contribution in [1.82, 2.24) is 0 Å². The van der Waals surface area contributed by atoms with Crippen LogP contribution in [0.25, 0.3) is 0 Å². The van der Waals surface area contributed by atoms with Gasteiger partial charge in [-0.15, -0.1) is 0 Å². The molecule has 2 aromatic carbocycles. The maximum absolute atomic E-state index is 12.5. The van der Waals surface area contributed by atoms with Gasteiger partial charge in [0.1, 0.15) is 5.92 Å². The quantitative estimate of drug-likeness (QED) is 0.781. The fourth-order valence-corrected chi connectivity index (χ4v) is 2.65. The van der Waals surface area contributed by atoms with E-state index >= 15 is 0 Å². The van der Waals surface area contributed by atoms with Gasteiger partial charge in [-0.3, -0.25) is 4.79 Å². The van der Waals surface area contributed by atoms with E-state index in [2.05, 4.69) is 21.2 Å². The molecule has 0 saturated carbocycles. The Bertz CT molecular complexity index is 679. The van der Waals surface area contributed by atoms with Crippen LogP contribution in [0.1, 0.15) is 11.5 Å². The van der Waals surface area contributed by atoms with Crippen LogP contribution in [0, 0.1) is 0 Å². The number of rotatable bonds is 4. The molecule has 21 heavy (non-hydrogen) atoms. The van der Waals surface area contributed by atoms with Gasteiger partial charge in [0.25, 0.3) is 0 Å². The van der Waals surface area contributed by atoms with Crippen molar-refractivity contribution in [1.29, 1.82) is 0 Å². The average Bonchev–Trinajstić information content (AvgIpc) is 2.44. The van der Waals surface area contributed by atoms with Crippen LogP contribution < -0.4 is 11.1 Å². The van der Waals surface area contributed by atoms with Gasteiger partial charge in [0.2, 0.25) is 5.91 Å². The number of halogens is 2. The summed E-state index contributed by atoms with van der Waals surface area (Å²) < 4.78 is 0.731. The van der Waals surface area contributed by atoms with Crippen LogP contribution in [-0.2, 0) is 4.79 Å². The Morgan fingerprint density at radius 2 is 1.90 bits per heavy atom. The van der Waals surface area contributed by atoms with Crippen molar-refractivity contribution in [2.75, 3.05) is 5.32 Å². The molecule has 1 unspecified atom stereocenters. The second-order valence-corrected chi connectivity index (χ2v) is 6.12. The van der Waals surface area contributed by atoms with E-state index in [1.807, 2.05) is 30.3 Å². The number of anilines is 1. The van der Waals surface area contributed by atoms with Gasteiger partial charge in [0, 0.05) is 9.50 Å². The van der Waals surface area contributed by atoms with Crippen molar-refractivity contribution >= 4 is 56.3 Å². The van der Waals surface area contributed by atoms with Crippen LogP contribution in [0.3, 0.4) is 0 Å². The fraction of sp³-hybridized carbons (Fsp3) is 0.0667. The number of carbonyl (C=O) groups excluding carboxylic acids is 1. The SMILES string of the molecule is NC(=S)C(C(=O)Nc1cc(Cl)ccc1Br)c1ccccc1. The van der Waals surface area contributed by atoms with Crippen LogP contribution in [0.2, 0.25) is 5.02 Å². The molecule has 3 N–H and O–H groups in total. The Kier molecular flexibility index (Phi) is 5.33. The first kappa shape index (κ1) is 15.9. The topological polar surface area (TPSA) is 55.1 Å². The number of amides is 1. The smallest absolute Gasteiger partial charge is 0.238 e. The Hall–Kier alpha value is -1.43. The molecule has 0 bridgehead atoms. The number of hydrogen-bond donors (Lipinski definition) is 2. The molecule has 1 atom stereocenters. The van der Waals surface area contributed by atoms with Gasteiger partial charge >= 0.3 is 0 Å². The summed E-state index contributed by atoms with van der Waals surface area (Å²) >= 11 is 14.3. The van der Waals surface area contributed by atoms with Crippen LogP contribution in [-0.4, -0.2) is 10.9 Å². The van der Waals surface area contributed by atoms with Gasteiger partial charge in [0.05, 0.1) is 10.7 Å². The lowest BCUT2D eigenvalue weighted by Crippen LogP contribution is -2.31. The van der Waals surface area contributed by atoms with Crippen LogP contribution in [0.5, 0.6) is 0 Å². The molecule has 2 aromatic rings. The van der Waals surface area contributed by atoms with E-state index in [0.717, 1.165) is 10.0 Å². The van der Waals surface area contributed by atoms with Crippen molar-refractivity contribution < 1.29 is 4.79 Å².